The molecule has 0 bridgehead atoms. The molecule has 0 saturated carbocycles. The predicted octanol–water partition coefficient (Wildman–Crippen LogP) is 2.99. The second-order valence-corrected chi connectivity index (χ2v) is 13.9. The summed E-state index contributed by atoms with van der Waals surface area (Å²) in [6.45, 7) is 4.55. The molecule has 2 fully saturated rings. The lowest BCUT2D eigenvalue weighted by Gasteiger charge is -2.31. The summed E-state index contributed by atoms with van der Waals surface area (Å²) in [5, 5.41) is 14.6. The Morgan fingerprint density at radius 3 is 2.76 bits per heavy atom. The number of thiazole rings is 1. The highest BCUT2D eigenvalue weighted by Gasteiger charge is 2.44. The highest BCUT2D eigenvalue weighted by molar-refractivity contribution is 7.89. The van der Waals surface area contributed by atoms with E-state index in [1.807, 2.05) is 44.2 Å². The molecule has 11 nitrogen and oxygen atoms in total. The molecule has 3 heterocycles. The molecule has 222 valence electrons. The second kappa shape index (κ2) is 12.6. The van der Waals surface area contributed by atoms with E-state index in [4.69, 9.17) is 19.9 Å². The van der Waals surface area contributed by atoms with Crippen LogP contribution in [0.3, 0.4) is 0 Å². The molecular formula is C28H36N4O7S2. The van der Waals surface area contributed by atoms with Crippen LogP contribution < -0.4 is 11.1 Å². The fourth-order valence-electron chi connectivity index (χ4n) is 5.27. The third-order valence-electron chi connectivity index (χ3n) is 7.28. The van der Waals surface area contributed by atoms with Crippen LogP contribution in [0.25, 0.3) is 10.2 Å². The standard InChI is InChI=1S/C28H36N4O7S2/c1-17(2)14-32(41(35,36)19-8-9-21-25(13-19)40-27(29)30-21)15-23(33)22(12-18-6-4-3-5-7-18)31-28(34)39-24-16-38-26-20(24)10-11-37-26/h3-9,13,17,20,22-24,26,33H,10-12,14-16H2,1-2H3,(H2,29,30)(H,31,34)/t20-,22-,23+,24-,26+/m0/s1. The van der Waals surface area contributed by atoms with Crippen LogP contribution >= 0.6 is 11.3 Å². The molecule has 2 saturated heterocycles. The van der Waals surface area contributed by atoms with Gasteiger partial charge in [0.15, 0.2) is 11.4 Å². The molecule has 0 unspecified atom stereocenters. The third-order valence-corrected chi connectivity index (χ3v) is 9.96. The van der Waals surface area contributed by atoms with E-state index in [0.717, 1.165) is 12.0 Å². The van der Waals surface area contributed by atoms with Crippen LogP contribution in [0.5, 0.6) is 0 Å². The molecule has 5 rings (SSSR count). The van der Waals surface area contributed by atoms with Gasteiger partial charge in [0, 0.05) is 13.1 Å². The van der Waals surface area contributed by atoms with Crippen LogP contribution in [-0.2, 0) is 30.7 Å². The van der Waals surface area contributed by atoms with Gasteiger partial charge in [-0.15, -0.1) is 0 Å². The minimum atomic E-state index is -4.00. The van der Waals surface area contributed by atoms with Crippen molar-refractivity contribution in [3.63, 3.8) is 0 Å². The SMILES string of the molecule is CC(C)CN(C[C@@H](O)[C@H](Cc1ccccc1)NC(=O)O[C@H]1CO[C@H]2OCC[C@H]21)S(=O)(=O)c1ccc2nc(N)sc2c1. The molecule has 5 atom stereocenters. The molecule has 41 heavy (non-hydrogen) atoms. The number of aliphatic hydroxyl groups is 1. The van der Waals surface area contributed by atoms with E-state index in [-0.39, 0.29) is 49.1 Å². The fourth-order valence-corrected chi connectivity index (χ4v) is 7.76. The lowest BCUT2D eigenvalue weighted by molar-refractivity contribution is -0.0907. The summed E-state index contributed by atoms with van der Waals surface area (Å²) < 4.78 is 46.3. The summed E-state index contributed by atoms with van der Waals surface area (Å²) in [4.78, 5) is 17.3. The summed E-state index contributed by atoms with van der Waals surface area (Å²) >= 11 is 1.21. The van der Waals surface area contributed by atoms with Crippen molar-refractivity contribution in [1.29, 1.82) is 0 Å². The van der Waals surface area contributed by atoms with E-state index < -0.39 is 34.4 Å². The number of nitrogens with two attached hydrogens (primary N) is 1. The van der Waals surface area contributed by atoms with Gasteiger partial charge >= 0.3 is 6.09 Å². The summed E-state index contributed by atoms with van der Waals surface area (Å²) in [7, 11) is -4.00. The van der Waals surface area contributed by atoms with Gasteiger partial charge in [0.2, 0.25) is 10.0 Å². The van der Waals surface area contributed by atoms with Crippen LogP contribution in [0.2, 0.25) is 0 Å². The monoisotopic (exact) mass is 604 g/mol. The average Bonchev–Trinajstić information content (AvgIpc) is 3.64. The van der Waals surface area contributed by atoms with Crippen LogP contribution in [0, 0.1) is 11.8 Å². The number of alkyl carbamates (subject to hydrolysis) is 1. The number of sulfonamides is 1. The number of amides is 1. The van der Waals surface area contributed by atoms with Gasteiger partial charge in [-0.1, -0.05) is 55.5 Å². The van der Waals surface area contributed by atoms with Gasteiger partial charge in [0.05, 0.1) is 46.4 Å². The molecule has 4 N–H and O–H groups in total. The molecule has 13 heteroatoms. The first-order valence-electron chi connectivity index (χ1n) is 13.7. The molecule has 3 aromatic rings. The van der Waals surface area contributed by atoms with E-state index in [2.05, 4.69) is 10.3 Å². The van der Waals surface area contributed by atoms with Gasteiger partial charge in [0.25, 0.3) is 0 Å². The number of hydrogen-bond acceptors (Lipinski definition) is 10. The quantitative estimate of drug-likeness (QED) is 0.300. The zero-order valence-electron chi connectivity index (χ0n) is 23.0. The highest BCUT2D eigenvalue weighted by Crippen LogP contribution is 2.33. The lowest BCUT2D eigenvalue weighted by atomic mass is 10.0. The largest absolute Gasteiger partial charge is 0.443 e. The van der Waals surface area contributed by atoms with Crippen molar-refractivity contribution in [1.82, 2.24) is 14.6 Å². The maximum atomic E-state index is 13.8. The first-order valence-corrected chi connectivity index (χ1v) is 15.9. The molecule has 1 aromatic heterocycles. The summed E-state index contributed by atoms with van der Waals surface area (Å²) in [6.07, 6.45) is -1.74. The van der Waals surface area contributed by atoms with Gasteiger partial charge in [-0.05, 0) is 42.5 Å². The Morgan fingerprint density at radius 1 is 1.22 bits per heavy atom. The number of ether oxygens (including phenoxy) is 3. The second-order valence-electron chi connectivity index (χ2n) is 10.9. The van der Waals surface area contributed by atoms with Gasteiger partial charge in [0.1, 0.15) is 6.10 Å². The average molecular weight is 605 g/mol. The maximum Gasteiger partial charge on any atom is 0.407 e. The van der Waals surface area contributed by atoms with E-state index in [1.54, 1.807) is 12.1 Å². The minimum Gasteiger partial charge on any atom is -0.443 e. The van der Waals surface area contributed by atoms with Crippen molar-refractivity contribution in [3.8, 4) is 0 Å². The van der Waals surface area contributed by atoms with Crippen molar-refractivity contribution >= 4 is 42.8 Å². The zero-order valence-corrected chi connectivity index (χ0v) is 24.6. The number of carbonyl (C=O) groups is 1. The number of anilines is 1. The topological polar surface area (TPSA) is 153 Å². The Morgan fingerprint density at radius 2 is 2.00 bits per heavy atom. The van der Waals surface area contributed by atoms with E-state index in [0.29, 0.717) is 22.0 Å². The summed E-state index contributed by atoms with van der Waals surface area (Å²) in [6, 6.07) is 13.2. The third kappa shape index (κ3) is 6.99. The number of benzene rings is 2. The molecule has 0 spiro atoms. The number of nitrogens with one attached hydrogen (secondary N) is 1. The lowest BCUT2D eigenvalue weighted by Crippen LogP contribution is -2.51. The van der Waals surface area contributed by atoms with Crippen molar-refractivity contribution in [2.75, 3.05) is 32.0 Å². The first-order chi connectivity index (χ1) is 19.6. The molecule has 2 aromatic carbocycles. The fraction of sp³-hybridized carbons (Fsp3) is 0.500. The Kier molecular flexibility index (Phi) is 9.12. The first kappa shape index (κ1) is 29.7. The number of carbonyl (C=O) groups excluding carboxylic acids is 1. The van der Waals surface area contributed by atoms with Crippen molar-refractivity contribution in [3.05, 3.63) is 54.1 Å². The maximum absolute atomic E-state index is 13.8. The van der Waals surface area contributed by atoms with Crippen LogP contribution in [0.4, 0.5) is 9.93 Å². The molecule has 1 amide bonds. The molecular weight excluding hydrogens is 568 g/mol. The van der Waals surface area contributed by atoms with Crippen molar-refractivity contribution < 1.29 is 32.5 Å². The van der Waals surface area contributed by atoms with Crippen LogP contribution in [-0.4, -0.2) is 79.7 Å². The number of aliphatic hydroxyl groups excluding tert-OH is 1. The Labute approximate surface area is 243 Å². The zero-order chi connectivity index (χ0) is 29.1. The summed E-state index contributed by atoms with van der Waals surface area (Å²) in [5.41, 5.74) is 7.30. The summed E-state index contributed by atoms with van der Waals surface area (Å²) in [5.74, 6) is -0.0506. The number of nitrogen functional groups attached to an aromatic ring is 1. The Bertz CT molecular complexity index is 1450. The van der Waals surface area contributed by atoms with Gasteiger partial charge in [-0.3, -0.25) is 0 Å². The number of nitrogens with zero attached hydrogens (tertiary/aromatic N) is 2. The van der Waals surface area contributed by atoms with Gasteiger partial charge in [-0.25, -0.2) is 18.2 Å². The van der Waals surface area contributed by atoms with E-state index in [1.165, 1.54) is 21.7 Å². The van der Waals surface area contributed by atoms with E-state index in [9.17, 15) is 18.3 Å². The number of rotatable bonds is 11. The molecule has 0 aliphatic carbocycles. The number of hydrogen-bond donors (Lipinski definition) is 3. The Balaban J connectivity index is 1.35. The van der Waals surface area contributed by atoms with Crippen LogP contribution in [0.15, 0.2) is 53.4 Å². The predicted molar refractivity (Wildman–Crippen MR) is 155 cm³/mol. The van der Waals surface area contributed by atoms with Crippen molar-refractivity contribution in [2.45, 2.75) is 56.1 Å². The van der Waals surface area contributed by atoms with Crippen LogP contribution in [0.1, 0.15) is 25.8 Å². The van der Waals surface area contributed by atoms with Gasteiger partial charge in [-0.2, -0.15) is 4.31 Å². The van der Waals surface area contributed by atoms with E-state index >= 15 is 0 Å². The smallest absolute Gasteiger partial charge is 0.407 e. The number of fused-ring (bicyclic) bond motifs is 2. The normalized spacial score (nSPS) is 22.2. The number of aromatic nitrogens is 1. The minimum absolute atomic E-state index is 0.0193. The molecule has 0 radical (unpaired) electrons. The Hall–Kier alpha value is -2.81. The van der Waals surface area contributed by atoms with Crippen molar-refractivity contribution in [2.24, 2.45) is 11.8 Å². The highest BCUT2D eigenvalue weighted by atomic mass is 32.2. The van der Waals surface area contributed by atoms with Gasteiger partial charge < -0.3 is 30.4 Å². The molecule has 2 aliphatic heterocycles. The molecule has 2 aliphatic rings.